The summed E-state index contributed by atoms with van der Waals surface area (Å²) < 4.78 is 22.9. The molecule has 4 nitrogen and oxygen atoms in total. The average Bonchev–Trinajstić information content (AvgIpc) is 2.21. The van der Waals surface area contributed by atoms with Gasteiger partial charge in [-0.05, 0) is 25.7 Å². The van der Waals surface area contributed by atoms with Gasteiger partial charge in [0.25, 0.3) is 0 Å². The second-order valence-corrected chi connectivity index (χ2v) is 6.18. The van der Waals surface area contributed by atoms with Crippen LogP contribution in [0.25, 0.3) is 0 Å². The molecule has 0 amide bonds. The number of hydrogen-bond donors (Lipinski definition) is 2. The van der Waals surface area contributed by atoms with Gasteiger partial charge in [0.2, 0.25) is 9.84 Å². The van der Waals surface area contributed by atoms with Crippen LogP contribution < -0.4 is 0 Å². The molecule has 2 N–H and O–H groups in total. The van der Waals surface area contributed by atoms with Gasteiger partial charge in [-0.3, -0.25) is 0 Å². The Morgan fingerprint density at radius 2 is 1.27 bits per heavy atom. The molecule has 0 aromatic carbocycles. The molecule has 0 aliphatic carbocycles. The molecule has 0 aliphatic rings. The zero-order valence-corrected chi connectivity index (χ0v) is 10.6. The Labute approximate surface area is 100 Å². The van der Waals surface area contributed by atoms with Crippen molar-refractivity contribution in [3.05, 3.63) is 0 Å². The number of sulfone groups is 1. The lowest BCUT2D eigenvalue weighted by Crippen LogP contribution is -2.32. The van der Waals surface area contributed by atoms with Crippen molar-refractivity contribution in [3.63, 3.8) is 0 Å². The van der Waals surface area contributed by atoms with Gasteiger partial charge in [0.15, 0.2) is 10.9 Å². The number of aliphatic hydroxyl groups is 2. The van der Waals surface area contributed by atoms with Gasteiger partial charge in [-0.2, -0.15) is 0 Å². The van der Waals surface area contributed by atoms with E-state index in [-0.39, 0.29) is 24.6 Å². The van der Waals surface area contributed by atoms with Crippen LogP contribution in [0.15, 0.2) is 0 Å². The van der Waals surface area contributed by atoms with E-state index in [0.717, 1.165) is 0 Å². The molecule has 0 aromatic heterocycles. The fourth-order valence-corrected chi connectivity index (χ4v) is 2.68. The van der Waals surface area contributed by atoms with E-state index < -0.39 is 20.7 Å². The molecule has 0 spiro atoms. The second kappa shape index (κ2) is 7.68. The Kier molecular flexibility index (Phi) is 7.91. The molecule has 0 fully saturated rings. The highest BCUT2D eigenvalue weighted by Crippen LogP contribution is 2.15. The van der Waals surface area contributed by atoms with Gasteiger partial charge in [-0.15, -0.1) is 23.2 Å². The lowest BCUT2D eigenvalue weighted by molar-refractivity contribution is 0.200. The number of alkyl halides is 2. The Balaban J connectivity index is 4.25. The SMILES string of the molecule is O=S(=O)(C(O)CCCCl)C(O)CCCCl. The van der Waals surface area contributed by atoms with E-state index in [1.54, 1.807) is 0 Å². The van der Waals surface area contributed by atoms with Gasteiger partial charge in [-0.1, -0.05) is 0 Å². The van der Waals surface area contributed by atoms with E-state index in [0.29, 0.717) is 12.8 Å². The largest absolute Gasteiger partial charge is 0.377 e. The molecule has 7 heteroatoms. The average molecular weight is 279 g/mol. The smallest absolute Gasteiger partial charge is 0.203 e. The molecule has 0 aromatic rings. The maximum absolute atomic E-state index is 11.5. The van der Waals surface area contributed by atoms with Gasteiger partial charge in [0, 0.05) is 11.8 Å². The topological polar surface area (TPSA) is 74.6 Å². The Morgan fingerprint density at radius 1 is 0.933 bits per heavy atom. The summed E-state index contributed by atoms with van der Waals surface area (Å²) in [4.78, 5) is 0. The molecular formula is C8H16Cl2O4S. The molecule has 0 radical (unpaired) electrons. The Bertz CT molecular complexity index is 235. The van der Waals surface area contributed by atoms with Crippen molar-refractivity contribution < 1.29 is 18.6 Å². The highest BCUT2D eigenvalue weighted by Gasteiger charge is 2.30. The van der Waals surface area contributed by atoms with E-state index in [4.69, 9.17) is 23.2 Å². The van der Waals surface area contributed by atoms with Gasteiger partial charge in [0.1, 0.15) is 0 Å². The lowest BCUT2D eigenvalue weighted by atomic mass is 10.3. The maximum atomic E-state index is 11.5. The molecule has 0 saturated heterocycles. The van der Waals surface area contributed by atoms with Gasteiger partial charge >= 0.3 is 0 Å². The van der Waals surface area contributed by atoms with Gasteiger partial charge < -0.3 is 10.2 Å². The summed E-state index contributed by atoms with van der Waals surface area (Å²) in [6.07, 6.45) is 0.877. The van der Waals surface area contributed by atoms with Gasteiger partial charge in [0.05, 0.1) is 0 Å². The lowest BCUT2D eigenvalue weighted by Gasteiger charge is -2.16. The van der Waals surface area contributed by atoms with E-state index in [2.05, 4.69) is 0 Å². The fraction of sp³-hybridized carbons (Fsp3) is 1.00. The van der Waals surface area contributed by atoms with E-state index in [1.165, 1.54) is 0 Å². The third-order valence-corrected chi connectivity index (χ3v) is 4.45. The molecular weight excluding hydrogens is 263 g/mol. The van der Waals surface area contributed by atoms with Crippen LogP contribution in [-0.4, -0.2) is 41.3 Å². The van der Waals surface area contributed by atoms with Crippen molar-refractivity contribution >= 4 is 33.0 Å². The summed E-state index contributed by atoms with van der Waals surface area (Å²) in [6.45, 7) is 0. The van der Waals surface area contributed by atoms with E-state index in [9.17, 15) is 18.6 Å². The first-order chi connectivity index (χ1) is 6.96. The van der Waals surface area contributed by atoms with Crippen LogP contribution in [0.2, 0.25) is 0 Å². The standard InChI is InChI=1S/C8H16Cl2O4S/c9-5-1-3-7(11)15(13,14)8(12)4-2-6-10/h7-8,11-12H,1-6H2. The summed E-state index contributed by atoms with van der Waals surface area (Å²) in [5.74, 6) is 0.564. The van der Waals surface area contributed by atoms with Crippen molar-refractivity contribution in [2.24, 2.45) is 0 Å². The predicted molar refractivity (Wildman–Crippen MR) is 60.8 cm³/mol. The second-order valence-electron chi connectivity index (χ2n) is 3.16. The monoisotopic (exact) mass is 278 g/mol. The predicted octanol–water partition coefficient (Wildman–Crippen LogP) is 1.08. The summed E-state index contributed by atoms with van der Waals surface area (Å²) in [5, 5.41) is 18.7. The summed E-state index contributed by atoms with van der Waals surface area (Å²) >= 11 is 10.7. The third-order valence-electron chi connectivity index (χ3n) is 1.93. The molecule has 0 heterocycles. The minimum Gasteiger partial charge on any atom is -0.377 e. The van der Waals surface area contributed by atoms with E-state index >= 15 is 0 Å². The van der Waals surface area contributed by atoms with Crippen LogP contribution in [0.1, 0.15) is 25.7 Å². The molecule has 15 heavy (non-hydrogen) atoms. The molecule has 0 bridgehead atoms. The van der Waals surface area contributed by atoms with Crippen LogP contribution in [-0.2, 0) is 9.84 Å². The van der Waals surface area contributed by atoms with E-state index in [1.807, 2.05) is 0 Å². The van der Waals surface area contributed by atoms with Crippen molar-refractivity contribution in [1.29, 1.82) is 0 Å². The minimum atomic E-state index is -3.89. The summed E-state index contributed by atoms with van der Waals surface area (Å²) in [5.41, 5.74) is -3.08. The zero-order chi connectivity index (χ0) is 11.9. The van der Waals surface area contributed by atoms with Crippen LogP contribution in [0.3, 0.4) is 0 Å². The highest BCUT2D eigenvalue weighted by molar-refractivity contribution is 7.92. The third kappa shape index (κ3) is 5.36. The Morgan fingerprint density at radius 3 is 1.53 bits per heavy atom. The normalized spacial score (nSPS) is 16.3. The van der Waals surface area contributed by atoms with Crippen LogP contribution in [0.5, 0.6) is 0 Å². The van der Waals surface area contributed by atoms with Crippen LogP contribution in [0, 0.1) is 0 Å². The van der Waals surface area contributed by atoms with Crippen LogP contribution in [0.4, 0.5) is 0 Å². The molecule has 92 valence electrons. The first-order valence-corrected chi connectivity index (χ1v) is 7.35. The number of halogens is 2. The molecule has 0 aliphatic heterocycles. The highest BCUT2D eigenvalue weighted by atomic mass is 35.5. The van der Waals surface area contributed by atoms with Gasteiger partial charge in [-0.25, -0.2) is 8.42 Å². The molecule has 2 atom stereocenters. The van der Waals surface area contributed by atoms with Crippen LogP contribution >= 0.6 is 23.2 Å². The summed E-state index contributed by atoms with van der Waals surface area (Å²) in [7, 11) is -3.89. The number of hydrogen-bond acceptors (Lipinski definition) is 4. The van der Waals surface area contributed by atoms with Crippen molar-refractivity contribution in [1.82, 2.24) is 0 Å². The number of rotatable bonds is 8. The van der Waals surface area contributed by atoms with Crippen molar-refractivity contribution in [3.8, 4) is 0 Å². The number of aliphatic hydroxyl groups excluding tert-OH is 2. The summed E-state index contributed by atoms with van der Waals surface area (Å²) in [6, 6.07) is 0. The van der Waals surface area contributed by atoms with Crippen molar-refractivity contribution in [2.45, 2.75) is 36.6 Å². The Hall–Kier alpha value is 0.450. The first-order valence-electron chi connectivity index (χ1n) is 4.67. The first kappa shape index (κ1) is 15.4. The molecule has 0 rings (SSSR count). The zero-order valence-electron chi connectivity index (χ0n) is 8.27. The molecule has 0 saturated carbocycles. The molecule has 2 unspecified atom stereocenters. The maximum Gasteiger partial charge on any atom is 0.203 e. The minimum absolute atomic E-state index is 0.0454. The quantitative estimate of drug-likeness (QED) is 0.652. The van der Waals surface area contributed by atoms with Crippen molar-refractivity contribution in [2.75, 3.05) is 11.8 Å². The fourth-order valence-electron chi connectivity index (χ4n) is 1.01.